The molecule has 2 heterocycles. The fourth-order valence-corrected chi connectivity index (χ4v) is 4.04. The number of nitrogens with zero attached hydrogens (tertiary/aromatic N) is 5. The number of amides is 1. The van der Waals surface area contributed by atoms with Crippen LogP contribution in [0, 0.1) is 24.0 Å². The van der Waals surface area contributed by atoms with Gasteiger partial charge in [-0.15, -0.1) is 0 Å². The zero-order chi connectivity index (χ0) is 21.1. The molecule has 0 bridgehead atoms. The Balaban J connectivity index is 1.50. The van der Waals surface area contributed by atoms with Gasteiger partial charge in [0.15, 0.2) is 0 Å². The van der Waals surface area contributed by atoms with Crippen LogP contribution in [0.15, 0.2) is 18.2 Å². The molecule has 0 N–H and O–H groups in total. The van der Waals surface area contributed by atoms with Crippen molar-refractivity contribution in [2.75, 3.05) is 26.2 Å². The molecule has 0 atom stereocenters. The first-order valence-electron chi connectivity index (χ1n) is 9.38. The lowest BCUT2D eigenvalue weighted by atomic mass is 10.2. The zero-order valence-corrected chi connectivity index (χ0v) is 17.9. The summed E-state index contributed by atoms with van der Waals surface area (Å²) in [5, 5.41) is 16.6. The molecule has 1 aliphatic heterocycles. The Labute approximate surface area is 179 Å². The van der Waals surface area contributed by atoms with E-state index in [4.69, 9.17) is 23.2 Å². The van der Waals surface area contributed by atoms with Crippen molar-refractivity contribution < 1.29 is 9.72 Å². The molecule has 1 saturated heterocycles. The molecule has 0 unspecified atom stereocenters. The summed E-state index contributed by atoms with van der Waals surface area (Å²) in [5.74, 6) is 0.0318. The Morgan fingerprint density at radius 3 is 2.48 bits per heavy atom. The molecule has 3 rings (SSSR count). The van der Waals surface area contributed by atoms with Crippen molar-refractivity contribution in [3.63, 3.8) is 0 Å². The van der Waals surface area contributed by atoms with Gasteiger partial charge in [0.25, 0.3) is 0 Å². The van der Waals surface area contributed by atoms with E-state index in [0.717, 1.165) is 18.7 Å². The van der Waals surface area contributed by atoms with Crippen molar-refractivity contribution in [1.82, 2.24) is 19.6 Å². The molecular formula is C19H23Cl2N5O3. The largest absolute Gasteiger partial charge is 0.340 e. The van der Waals surface area contributed by atoms with Crippen LogP contribution >= 0.6 is 23.2 Å². The minimum Gasteiger partial charge on any atom is -0.340 e. The van der Waals surface area contributed by atoms with Gasteiger partial charge in [-0.3, -0.25) is 24.5 Å². The number of aryl methyl sites for hydroxylation is 2. The Kier molecular flexibility index (Phi) is 6.77. The van der Waals surface area contributed by atoms with E-state index >= 15 is 0 Å². The summed E-state index contributed by atoms with van der Waals surface area (Å²) in [6.07, 6.45) is 0.266. The third-order valence-electron chi connectivity index (χ3n) is 5.20. The summed E-state index contributed by atoms with van der Waals surface area (Å²) in [4.78, 5) is 27.3. The number of carbonyl (C=O) groups excluding carboxylic acids is 1. The highest BCUT2D eigenvalue weighted by Gasteiger charge is 2.24. The minimum absolute atomic E-state index is 0.0203. The zero-order valence-electron chi connectivity index (χ0n) is 16.4. The number of nitro groups is 1. The van der Waals surface area contributed by atoms with Crippen molar-refractivity contribution in [1.29, 1.82) is 0 Å². The molecule has 1 aromatic heterocycles. The molecule has 0 spiro atoms. The lowest BCUT2D eigenvalue weighted by Gasteiger charge is -2.35. The van der Waals surface area contributed by atoms with E-state index < -0.39 is 4.92 Å². The summed E-state index contributed by atoms with van der Waals surface area (Å²) < 4.78 is 1.55. The fourth-order valence-electron chi connectivity index (χ4n) is 3.58. The number of hydrogen-bond acceptors (Lipinski definition) is 5. The van der Waals surface area contributed by atoms with Gasteiger partial charge in [0.2, 0.25) is 5.91 Å². The summed E-state index contributed by atoms with van der Waals surface area (Å²) in [5.41, 5.74) is 1.88. The first-order valence-corrected chi connectivity index (χ1v) is 10.1. The molecule has 0 saturated carbocycles. The molecular weight excluding hydrogens is 417 g/mol. The highest BCUT2D eigenvalue weighted by Crippen LogP contribution is 2.23. The van der Waals surface area contributed by atoms with Crippen LogP contribution in [0.1, 0.15) is 23.4 Å². The van der Waals surface area contributed by atoms with Crippen LogP contribution in [-0.4, -0.2) is 56.6 Å². The molecule has 0 aliphatic carbocycles. The number of hydrogen-bond donors (Lipinski definition) is 0. The van der Waals surface area contributed by atoms with E-state index in [1.807, 2.05) is 17.0 Å². The number of benzene rings is 1. The average Bonchev–Trinajstić information content (AvgIpc) is 2.96. The molecule has 10 heteroatoms. The Morgan fingerprint density at radius 2 is 1.90 bits per heavy atom. The summed E-state index contributed by atoms with van der Waals surface area (Å²) in [7, 11) is 0. The topological polar surface area (TPSA) is 84.5 Å². The predicted octanol–water partition coefficient (Wildman–Crippen LogP) is 3.45. The van der Waals surface area contributed by atoms with Crippen molar-refractivity contribution in [2.45, 2.75) is 33.4 Å². The standard InChI is InChI=1S/C19H23Cl2N5O3/c1-13-19(26(28)29)14(2)25(22-13)6-5-18(27)24-9-7-23(8-10-24)12-15-3-4-16(20)11-17(15)21/h3-4,11H,5-10,12H2,1-2H3. The second-order valence-corrected chi connectivity index (χ2v) is 7.99. The second kappa shape index (κ2) is 9.11. The minimum atomic E-state index is -0.428. The summed E-state index contributed by atoms with van der Waals surface area (Å²) in [6.45, 7) is 7.11. The number of aromatic nitrogens is 2. The number of halogens is 2. The van der Waals surface area contributed by atoms with Gasteiger partial charge >= 0.3 is 5.69 Å². The first kappa shape index (κ1) is 21.5. The predicted molar refractivity (Wildman–Crippen MR) is 111 cm³/mol. The Hall–Kier alpha value is -2.16. The van der Waals surface area contributed by atoms with Crippen molar-refractivity contribution >= 4 is 34.8 Å². The highest BCUT2D eigenvalue weighted by atomic mass is 35.5. The van der Waals surface area contributed by atoms with Gasteiger partial charge in [0.05, 0.1) is 11.5 Å². The summed E-state index contributed by atoms with van der Waals surface area (Å²) >= 11 is 12.2. The maximum Gasteiger partial charge on any atom is 0.312 e. The molecule has 1 amide bonds. The van der Waals surface area contributed by atoms with Gasteiger partial charge in [-0.1, -0.05) is 29.3 Å². The average molecular weight is 440 g/mol. The number of piperazine rings is 1. The lowest BCUT2D eigenvalue weighted by molar-refractivity contribution is -0.386. The third-order valence-corrected chi connectivity index (χ3v) is 5.78. The molecule has 1 aliphatic rings. The van der Waals surface area contributed by atoms with E-state index in [0.29, 0.717) is 47.6 Å². The van der Waals surface area contributed by atoms with Crippen LogP contribution in [0.2, 0.25) is 10.0 Å². The van der Waals surface area contributed by atoms with Crippen molar-refractivity contribution in [3.05, 3.63) is 55.3 Å². The first-order chi connectivity index (χ1) is 13.8. The van der Waals surface area contributed by atoms with Crippen LogP contribution in [0.25, 0.3) is 0 Å². The SMILES string of the molecule is Cc1nn(CCC(=O)N2CCN(Cc3ccc(Cl)cc3Cl)CC2)c(C)c1[N+](=O)[O-]. The maximum atomic E-state index is 12.6. The van der Waals surface area contributed by atoms with Crippen molar-refractivity contribution in [3.8, 4) is 0 Å². The van der Waals surface area contributed by atoms with E-state index in [9.17, 15) is 14.9 Å². The molecule has 1 aromatic carbocycles. The molecule has 8 nitrogen and oxygen atoms in total. The van der Waals surface area contributed by atoms with Crippen LogP contribution < -0.4 is 0 Å². The quantitative estimate of drug-likeness (QED) is 0.508. The van der Waals surface area contributed by atoms with E-state index in [1.54, 1.807) is 24.6 Å². The van der Waals surface area contributed by atoms with Gasteiger partial charge in [0, 0.05) is 49.2 Å². The lowest BCUT2D eigenvalue weighted by Crippen LogP contribution is -2.48. The fraction of sp³-hybridized carbons (Fsp3) is 0.474. The van der Waals surface area contributed by atoms with E-state index in [-0.39, 0.29) is 18.0 Å². The van der Waals surface area contributed by atoms with Crippen LogP contribution in [0.4, 0.5) is 5.69 Å². The van der Waals surface area contributed by atoms with Gasteiger partial charge in [-0.05, 0) is 31.5 Å². The third kappa shape index (κ3) is 5.07. The molecule has 1 fully saturated rings. The van der Waals surface area contributed by atoms with E-state index in [1.165, 1.54) is 0 Å². The normalized spacial score (nSPS) is 15.0. The number of rotatable bonds is 6. The van der Waals surface area contributed by atoms with E-state index in [2.05, 4.69) is 10.00 Å². The Morgan fingerprint density at radius 1 is 1.21 bits per heavy atom. The van der Waals surface area contributed by atoms with Gasteiger partial charge in [-0.2, -0.15) is 5.10 Å². The molecule has 29 heavy (non-hydrogen) atoms. The number of carbonyl (C=O) groups is 1. The van der Waals surface area contributed by atoms with Crippen LogP contribution in [0.5, 0.6) is 0 Å². The Bertz CT molecular complexity index is 923. The maximum absolute atomic E-state index is 12.6. The molecule has 0 radical (unpaired) electrons. The second-order valence-electron chi connectivity index (χ2n) is 7.14. The molecule has 156 valence electrons. The van der Waals surface area contributed by atoms with Crippen molar-refractivity contribution in [2.24, 2.45) is 0 Å². The van der Waals surface area contributed by atoms with Crippen LogP contribution in [0.3, 0.4) is 0 Å². The molecule has 2 aromatic rings. The van der Waals surface area contributed by atoms with Gasteiger partial charge in [0.1, 0.15) is 11.4 Å². The summed E-state index contributed by atoms with van der Waals surface area (Å²) in [6, 6.07) is 5.49. The monoisotopic (exact) mass is 439 g/mol. The van der Waals surface area contributed by atoms with Crippen LogP contribution in [-0.2, 0) is 17.9 Å². The highest BCUT2D eigenvalue weighted by molar-refractivity contribution is 6.35. The van der Waals surface area contributed by atoms with Gasteiger partial charge < -0.3 is 4.90 Å². The van der Waals surface area contributed by atoms with Gasteiger partial charge in [-0.25, -0.2) is 0 Å². The smallest absolute Gasteiger partial charge is 0.312 e.